The van der Waals surface area contributed by atoms with Gasteiger partial charge in [0.25, 0.3) is 0 Å². The van der Waals surface area contributed by atoms with Crippen molar-refractivity contribution in [3.63, 3.8) is 0 Å². The lowest BCUT2D eigenvalue weighted by Crippen LogP contribution is -2.33. The van der Waals surface area contributed by atoms with E-state index in [0.717, 1.165) is 31.2 Å². The summed E-state index contributed by atoms with van der Waals surface area (Å²) in [7, 11) is 0. The van der Waals surface area contributed by atoms with Gasteiger partial charge in [0, 0.05) is 31.2 Å². The Hall–Kier alpha value is -1.60. The third-order valence-corrected chi connectivity index (χ3v) is 3.41. The number of nitrogen functional groups attached to an aromatic ring is 1. The van der Waals surface area contributed by atoms with Gasteiger partial charge in [-0.3, -0.25) is 4.90 Å². The van der Waals surface area contributed by atoms with Crippen molar-refractivity contribution in [2.24, 2.45) is 0 Å². The van der Waals surface area contributed by atoms with Crippen molar-refractivity contribution >= 4 is 5.82 Å². The summed E-state index contributed by atoms with van der Waals surface area (Å²) in [5.74, 6) is 0.376. The van der Waals surface area contributed by atoms with E-state index in [9.17, 15) is 0 Å². The third kappa shape index (κ3) is 1.54. The number of rotatable bonds is 1. The van der Waals surface area contributed by atoms with Crippen LogP contribution in [0.5, 0.6) is 0 Å². The molecule has 82 valence electrons. The van der Waals surface area contributed by atoms with E-state index < -0.39 is 0 Å². The minimum absolute atomic E-state index is 0.376. The molecular weight excluding hydrogens is 200 g/mol. The van der Waals surface area contributed by atoms with Gasteiger partial charge in [0.05, 0.1) is 5.56 Å². The largest absolute Gasteiger partial charge is 0.383 e. The maximum atomic E-state index is 8.92. The number of aromatic nitrogens is 1. The number of nitrogens with two attached hydrogens (primary N) is 1. The summed E-state index contributed by atoms with van der Waals surface area (Å²) in [5, 5.41) is 8.92. The zero-order chi connectivity index (χ0) is 11.1. The Morgan fingerprint density at radius 3 is 3.00 bits per heavy atom. The van der Waals surface area contributed by atoms with Crippen LogP contribution in [0.25, 0.3) is 0 Å². The van der Waals surface area contributed by atoms with Crippen LogP contribution in [0.2, 0.25) is 0 Å². The molecule has 1 fully saturated rings. The summed E-state index contributed by atoms with van der Waals surface area (Å²) in [5.41, 5.74) is 8.49. The van der Waals surface area contributed by atoms with Crippen LogP contribution in [-0.2, 0) is 13.0 Å². The van der Waals surface area contributed by atoms with E-state index in [2.05, 4.69) is 16.0 Å². The third-order valence-electron chi connectivity index (χ3n) is 3.41. The van der Waals surface area contributed by atoms with Crippen LogP contribution in [0.3, 0.4) is 0 Å². The molecule has 0 amide bonds. The maximum absolute atomic E-state index is 8.92. The van der Waals surface area contributed by atoms with Crippen molar-refractivity contribution in [2.45, 2.75) is 31.8 Å². The second-order valence-corrected chi connectivity index (χ2v) is 4.59. The van der Waals surface area contributed by atoms with Crippen LogP contribution in [0, 0.1) is 11.3 Å². The summed E-state index contributed by atoms with van der Waals surface area (Å²) < 4.78 is 0. The molecule has 4 heteroatoms. The molecule has 0 bridgehead atoms. The number of hydrogen-bond acceptors (Lipinski definition) is 4. The summed E-state index contributed by atoms with van der Waals surface area (Å²) >= 11 is 0. The average molecular weight is 214 g/mol. The van der Waals surface area contributed by atoms with Crippen LogP contribution in [0.4, 0.5) is 5.82 Å². The fourth-order valence-electron chi connectivity index (χ4n) is 2.35. The molecule has 16 heavy (non-hydrogen) atoms. The van der Waals surface area contributed by atoms with Crippen molar-refractivity contribution in [1.82, 2.24) is 9.88 Å². The summed E-state index contributed by atoms with van der Waals surface area (Å²) in [6, 6.07) is 4.78. The van der Waals surface area contributed by atoms with E-state index >= 15 is 0 Å². The number of hydrogen-bond donors (Lipinski definition) is 1. The molecule has 3 rings (SSSR count). The van der Waals surface area contributed by atoms with Crippen LogP contribution in [0.1, 0.15) is 29.7 Å². The predicted octanol–water partition coefficient (Wildman–Crippen LogP) is 1.06. The molecule has 1 aromatic rings. The highest BCUT2D eigenvalue weighted by molar-refractivity contribution is 5.51. The van der Waals surface area contributed by atoms with E-state index in [1.807, 2.05) is 6.07 Å². The molecule has 4 nitrogen and oxygen atoms in total. The van der Waals surface area contributed by atoms with E-state index in [1.54, 1.807) is 0 Å². The highest BCUT2D eigenvalue weighted by Gasteiger charge is 2.31. The average Bonchev–Trinajstić information content (AvgIpc) is 3.11. The molecule has 1 saturated carbocycles. The second kappa shape index (κ2) is 3.46. The molecule has 0 unspecified atom stereocenters. The Labute approximate surface area is 94.7 Å². The monoisotopic (exact) mass is 214 g/mol. The first-order valence-corrected chi connectivity index (χ1v) is 5.70. The van der Waals surface area contributed by atoms with Crippen molar-refractivity contribution < 1.29 is 0 Å². The zero-order valence-corrected chi connectivity index (χ0v) is 9.11. The lowest BCUT2D eigenvalue weighted by molar-refractivity contribution is 0.241. The highest BCUT2D eigenvalue weighted by Crippen LogP contribution is 2.31. The summed E-state index contributed by atoms with van der Waals surface area (Å²) in [4.78, 5) is 6.81. The standard InChI is InChI=1S/C12H14N4/c13-6-8-5-9-7-16(10-1-2-10)4-3-11(9)15-12(8)14/h5,10H,1-4,7H2,(H2,14,15). The Bertz CT molecular complexity index is 471. The van der Waals surface area contributed by atoms with Crippen LogP contribution in [0.15, 0.2) is 6.07 Å². The van der Waals surface area contributed by atoms with Crippen LogP contribution < -0.4 is 5.73 Å². The molecule has 1 aliphatic heterocycles. The number of anilines is 1. The van der Waals surface area contributed by atoms with E-state index in [0.29, 0.717) is 11.4 Å². The van der Waals surface area contributed by atoms with Gasteiger partial charge >= 0.3 is 0 Å². The quantitative estimate of drug-likeness (QED) is 0.759. The summed E-state index contributed by atoms with van der Waals surface area (Å²) in [6.45, 7) is 2.01. The number of fused-ring (bicyclic) bond motifs is 1. The van der Waals surface area contributed by atoms with Crippen LogP contribution >= 0.6 is 0 Å². The topological polar surface area (TPSA) is 65.9 Å². The smallest absolute Gasteiger partial charge is 0.141 e. The fourth-order valence-corrected chi connectivity index (χ4v) is 2.35. The van der Waals surface area contributed by atoms with Crippen LogP contribution in [-0.4, -0.2) is 22.5 Å². The van der Waals surface area contributed by atoms with Gasteiger partial charge in [-0.25, -0.2) is 4.98 Å². The van der Waals surface area contributed by atoms with Crippen molar-refractivity contribution in [3.05, 3.63) is 22.9 Å². The molecule has 2 aliphatic rings. The number of pyridine rings is 1. The molecule has 0 spiro atoms. The van der Waals surface area contributed by atoms with Gasteiger partial charge in [-0.05, 0) is 24.5 Å². The van der Waals surface area contributed by atoms with Gasteiger partial charge in [0.15, 0.2) is 0 Å². The predicted molar refractivity (Wildman–Crippen MR) is 60.5 cm³/mol. The highest BCUT2D eigenvalue weighted by atomic mass is 15.2. The van der Waals surface area contributed by atoms with Gasteiger partial charge in [-0.2, -0.15) is 5.26 Å². The lowest BCUT2D eigenvalue weighted by atomic mass is 10.0. The SMILES string of the molecule is N#Cc1cc2c(nc1N)CCN(C1CC1)C2. The first kappa shape index (κ1) is 9.61. The minimum Gasteiger partial charge on any atom is -0.383 e. The second-order valence-electron chi connectivity index (χ2n) is 4.59. The zero-order valence-electron chi connectivity index (χ0n) is 9.11. The molecule has 0 atom stereocenters. The number of nitriles is 1. The lowest BCUT2D eigenvalue weighted by Gasteiger charge is -2.28. The van der Waals surface area contributed by atoms with Gasteiger partial charge < -0.3 is 5.73 Å². The first-order valence-electron chi connectivity index (χ1n) is 5.70. The van der Waals surface area contributed by atoms with E-state index in [-0.39, 0.29) is 0 Å². The molecule has 2 N–H and O–H groups in total. The van der Waals surface area contributed by atoms with Gasteiger partial charge in [-0.1, -0.05) is 0 Å². The Balaban J connectivity index is 1.94. The maximum Gasteiger partial charge on any atom is 0.141 e. The van der Waals surface area contributed by atoms with Gasteiger partial charge in [0.1, 0.15) is 11.9 Å². The number of nitrogens with zero attached hydrogens (tertiary/aromatic N) is 3. The molecule has 0 saturated heterocycles. The van der Waals surface area contributed by atoms with E-state index in [1.165, 1.54) is 18.4 Å². The Kier molecular flexibility index (Phi) is 2.08. The van der Waals surface area contributed by atoms with Crippen molar-refractivity contribution in [2.75, 3.05) is 12.3 Å². The molecule has 1 aromatic heterocycles. The molecule has 0 aromatic carbocycles. The molecule has 2 heterocycles. The Morgan fingerprint density at radius 1 is 1.50 bits per heavy atom. The minimum atomic E-state index is 0.376. The van der Waals surface area contributed by atoms with Crippen molar-refractivity contribution in [3.8, 4) is 6.07 Å². The molecular formula is C12H14N4. The van der Waals surface area contributed by atoms with Gasteiger partial charge in [0.2, 0.25) is 0 Å². The van der Waals surface area contributed by atoms with Crippen molar-refractivity contribution in [1.29, 1.82) is 5.26 Å². The normalized spacial score (nSPS) is 20.2. The summed E-state index contributed by atoms with van der Waals surface area (Å²) in [6.07, 6.45) is 3.60. The van der Waals surface area contributed by atoms with Gasteiger partial charge in [-0.15, -0.1) is 0 Å². The molecule has 1 aliphatic carbocycles. The van der Waals surface area contributed by atoms with E-state index in [4.69, 9.17) is 11.0 Å². The molecule has 0 radical (unpaired) electrons. The first-order chi connectivity index (χ1) is 7.78. The fraction of sp³-hybridized carbons (Fsp3) is 0.500. The Morgan fingerprint density at radius 2 is 2.31 bits per heavy atom.